The number of amides is 3. The van der Waals surface area contributed by atoms with Crippen molar-refractivity contribution in [3.8, 4) is 0 Å². The molecule has 1 saturated carbocycles. The van der Waals surface area contributed by atoms with Crippen LogP contribution in [0.3, 0.4) is 0 Å². The molecule has 2 heterocycles. The van der Waals surface area contributed by atoms with E-state index in [1.54, 1.807) is 12.4 Å². The van der Waals surface area contributed by atoms with Gasteiger partial charge in [-0.3, -0.25) is 9.78 Å². The van der Waals surface area contributed by atoms with E-state index in [0.717, 1.165) is 30.5 Å². The average Bonchev–Trinajstić information content (AvgIpc) is 3.37. The summed E-state index contributed by atoms with van der Waals surface area (Å²) in [6.45, 7) is 3.98. The van der Waals surface area contributed by atoms with Gasteiger partial charge in [0.15, 0.2) is 0 Å². The second-order valence-corrected chi connectivity index (χ2v) is 8.65. The summed E-state index contributed by atoms with van der Waals surface area (Å²) >= 11 is 0. The number of halogens is 3. The fraction of sp³-hybridized carbons (Fsp3) is 0.417. The molecule has 188 valence electrons. The summed E-state index contributed by atoms with van der Waals surface area (Å²) in [5.41, 5.74) is 3.06. The number of urea groups is 1. The summed E-state index contributed by atoms with van der Waals surface area (Å²) in [6.07, 6.45) is 1.10. The monoisotopic (exact) mass is 492 g/mol. The first kappa shape index (κ1) is 26.0. The largest absolute Gasteiger partial charge is 0.490 e. The van der Waals surface area contributed by atoms with E-state index < -0.39 is 12.1 Å². The van der Waals surface area contributed by atoms with Crippen LogP contribution in [0.15, 0.2) is 48.8 Å². The zero-order valence-corrected chi connectivity index (χ0v) is 19.1. The van der Waals surface area contributed by atoms with Crippen molar-refractivity contribution in [1.82, 2.24) is 15.2 Å². The van der Waals surface area contributed by atoms with Crippen LogP contribution in [-0.2, 0) is 22.6 Å². The number of nitrogens with zero attached hydrogens (tertiary/aromatic N) is 2. The van der Waals surface area contributed by atoms with E-state index >= 15 is 0 Å². The summed E-state index contributed by atoms with van der Waals surface area (Å²) in [4.78, 5) is 39.8. The fourth-order valence-electron chi connectivity index (χ4n) is 4.08. The number of aromatic nitrogens is 1. The SMILES string of the molecule is CCc1ccc(NC(=O)N2CCC3(CC3C(=O)NCc3ccncc3)C2)cc1.O=C(O)C(F)(F)F. The molecule has 1 aliphatic heterocycles. The fourth-order valence-corrected chi connectivity index (χ4v) is 4.08. The Kier molecular flexibility index (Phi) is 7.98. The number of aliphatic carboxylic acids is 1. The Morgan fingerprint density at radius 3 is 2.31 bits per heavy atom. The topological polar surface area (TPSA) is 112 Å². The third-order valence-corrected chi connectivity index (χ3v) is 6.25. The first-order chi connectivity index (χ1) is 16.5. The molecule has 2 aromatic rings. The van der Waals surface area contributed by atoms with Crippen LogP contribution in [0.5, 0.6) is 0 Å². The quantitative estimate of drug-likeness (QED) is 0.587. The van der Waals surface area contributed by atoms with Gasteiger partial charge in [-0.15, -0.1) is 0 Å². The molecule has 0 radical (unpaired) electrons. The average molecular weight is 492 g/mol. The zero-order valence-electron chi connectivity index (χ0n) is 19.1. The van der Waals surface area contributed by atoms with Crippen molar-refractivity contribution in [2.45, 2.75) is 38.9 Å². The van der Waals surface area contributed by atoms with Gasteiger partial charge in [-0.2, -0.15) is 13.2 Å². The third kappa shape index (κ3) is 6.93. The number of carboxylic acid groups (broad SMARTS) is 1. The van der Waals surface area contributed by atoms with Crippen molar-refractivity contribution < 1.29 is 32.7 Å². The van der Waals surface area contributed by atoms with Crippen molar-refractivity contribution in [1.29, 1.82) is 0 Å². The van der Waals surface area contributed by atoms with Crippen molar-refractivity contribution >= 4 is 23.6 Å². The second-order valence-electron chi connectivity index (χ2n) is 8.65. The number of likely N-dealkylation sites (tertiary alicyclic amines) is 1. The molecule has 2 fully saturated rings. The van der Waals surface area contributed by atoms with Crippen molar-refractivity contribution in [3.05, 3.63) is 59.9 Å². The number of carboxylic acids is 1. The van der Waals surface area contributed by atoms with E-state index in [9.17, 15) is 22.8 Å². The molecule has 2 atom stereocenters. The lowest BCUT2D eigenvalue weighted by Gasteiger charge is -2.18. The van der Waals surface area contributed by atoms with E-state index in [2.05, 4.69) is 22.5 Å². The van der Waals surface area contributed by atoms with Crippen LogP contribution in [-0.4, -0.2) is 52.2 Å². The standard InChI is InChI=1S/C22H26N4O2.C2HF3O2/c1-2-16-3-5-18(6-4-16)25-21(28)26-12-9-22(15-26)13-19(22)20(27)24-14-17-7-10-23-11-8-17;3-2(4,5)1(6)7/h3-8,10-11,19H,2,9,12-15H2,1H3,(H,24,27)(H,25,28);(H,6,7). The van der Waals surface area contributed by atoms with Crippen LogP contribution >= 0.6 is 0 Å². The molecule has 11 heteroatoms. The maximum absolute atomic E-state index is 12.6. The molecule has 3 amide bonds. The Balaban J connectivity index is 0.000000429. The maximum atomic E-state index is 12.6. The number of alkyl halides is 3. The molecule has 1 aromatic carbocycles. The van der Waals surface area contributed by atoms with E-state index in [1.807, 2.05) is 41.3 Å². The van der Waals surface area contributed by atoms with Gasteiger partial charge in [-0.25, -0.2) is 9.59 Å². The third-order valence-electron chi connectivity index (χ3n) is 6.25. The van der Waals surface area contributed by atoms with E-state index in [0.29, 0.717) is 19.6 Å². The molecular weight excluding hydrogens is 465 g/mol. The minimum Gasteiger partial charge on any atom is -0.475 e. The van der Waals surface area contributed by atoms with Gasteiger partial charge in [-0.1, -0.05) is 19.1 Å². The predicted molar refractivity (Wildman–Crippen MR) is 121 cm³/mol. The van der Waals surface area contributed by atoms with Gasteiger partial charge >= 0.3 is 18.2 Å². The van der Waals surface area contributed by atoms with Crippen molar-refractivity contribution in [3.63, 3.8) is 0 Å². The maximum Gasteiger partial charge on any atom is 0.490 e. The van der Waals surface area contributed by atoms with Crippen LogP contribution in [0.1, 0.15) is 30.9 Å². The van der Waals surface area contributed by atoms with E-state index in [1.165, 1.54) is 5.56 Å². The first-order valence-corrected chi connectivity index (χ1v) is 11.2. The highest BCUT2D eigenvalue weighted by Gasteiger charge is 2.61. The minimum absolute atomic E-state index is 0.0102. The van der Waals surface area contributed by atoms with Crippen LogP contribution < -0.4 is 10.6 Å². The molecular formula is C24H27F3N4O4. The molecule has 1 saturated heterocycles. The number of nitrogens with one attached hydrogen (secondary N) is 2. The lowest BCUT2D eigenvalue weighted by Crippen LogP contribution is -2.34. The number of pyridine rings is 1. The molecule has 2 unspecified atom stereocenters. The molecule has 3 N–H and O–H groups in total. The van der Waals surface area contributed by atoms with Gasteiger partial charge < -0.3 is 20.6 Å². The van der Waals surface area contributed by atoms with Crippen LogP contribution in [0.4, 0.5) is 23.7 Å². The Bertz CT molecular complexity index is 1050. The minimum atomic E-state index is -5.08. The number of anilines is 1. The number of carbonyl (C=O) groups excluding carboxylic acids is 2. The summed E-state index contributed by atoms with van der Waals surface area (Å²) in [5.74, 6) is -2.65. The van der Waals surface area contributed by atoms with Gasteiger partial charge in [0.2, 0.25) is 5.91 Å². The number of aryl methyl sites for hydroxylation is 1. The molecule has 35 heavy (non-hydrogen) atoms. The number of benzene rings is 1. The molecule has 0 bridgehead atoms. The number of carbonyl (C=O) groups is 3. The van der Waals surface area contributed by atoms with Gasteiger partial charge in [0, 0.05) is 49.0 Å². The van der Waals surface area contributed by atoms with Gasteiger partial charge in [0.25, 0.3) is 0 Å². The molecule has 1 aromatic heterocycles. The highest BCUT2D eigenvalue weighted by atomic mass is 19.4. The van der Waals surface area contributed by atoms with Crippen LogP contribution in [0.2, 0.25) is 0 Å². The second kappa shape index (κ2) is 10.7. The molecule has 8 nitrogen and oxygen atoms in total. The zero-order chi connectivity index (χ0) is 25.6. The lowest BCUT2D eigenvalue weighted by molar-refractivity contribution is -0.192. The molecule has 4 rings (SSSR count). The van der Waals surface area contributed by atoms with E-state index in [4.69, 9.17) is 9.90 Å². The normalized spacial score (nSPS) is 20.6. The highest BCUT2D eigenvalue weighted by molar-refractivity contribution is 5.90. The van der Waals surface area contributed by atoms with Crippen LogP contribution in [0.25, 0.3) is 0 Å². The summed E-state index contributed by atoms with van der Waals surface area (Å²) in [5, 5.41) is 13.1. The van der Waals surface area contributed by atoms with Gasteiger partial charge in [0.05, 0.1) is 0 Å². The van der Waals surface area contributed by atoms with Gasteiger partial charge in [0.1, 0.15) is 0 Å². The lowest BCUT2D eigenvalue weighted by atomic mass is 10.0. The Hall–Kier alpha value is -3.63. The summed E-state index contributed by atoms with van der Waals surface area (Å²) in [7, 11) is 0. The smallest absolute Gasteiger partial charge is 0.475 e. The molecule has 1 aliphatic carbocycles. The number of rotatable bonds is 5. The highest BCUT2D eigenvalue weighted by Crippen LogP contribution is 2.58. The Morgan fingerprint density at radius 1 is 1.11 bits per heavy atom. The summed E-state index contributed by atoms with van der Waals surface area (Å²) in [6, 6.07) is 11.7. The Morgan fingerprint density at radius 2 is 1.74 bits per heavy atom. The van der Waals surface area contributed by atoms with Gasteiger partial charge in [-0.05, 0) is 54.7 Å². The van der Waals surface area contributed by atoms with Crippen LogP contribution in [0, 0.1) is 11.3 Å². The number of hydrogen-bond acceptors (Lipinski definition) is 4. The van der Waals surface area contributed by atoms with Crippen molar-refractivity contribution in [2.75, 3.05) is 18.4 Å². The first-order valence-electron chi connectivity index (χ1n) is 11.2. The number of hydrogen-bond donors (Lipinski definition) is 3. The Labute approximate surface area is 200 Å². The predicted octanol–water partition coefficient (Wildman–Crippen LogP) is 3.84. The summed E-state index contributed by atoms with van der Waals surface area (Å²) < 4.78 is 31.7. The molecule has 1 spiro atoms. The van der Waals surface area contributed by atoms with Crippen molar-refractivity contribution in [2.24, 2.45) is 11.3 Å². The molecule has 2 aliphatic rings. The van der Waals surface area contributed by atoms with E-state index in [-0.39, 0.29) is 23.3 Å².